The third-order valence-electron chi connectivity index (χ3n) is 3.70. The Morgan fingerprint density at radius 3 is 2.48 bits per heavy atom. The van der Waals surface area contributed by atoms with Crippen LogP contribution in [-0.4, -0.2) is 22.7 Å². The van der Waals surface area contributed by atoms with Crippen LogP contribution in [0.15, 0.2) is 36.4 Å². The summed E-state index contributed by atoms with van der Waals surface area (Å²) >= 11 is 6.10. The molecule has 1 aliphatic rings. The van der Waals surface area contributed by atoms with Crippen LogP contribution in [0.3, 0.4) is 0 Å². The van der Waals surface area contributed by atoms with Gasteiger partial charge in [-0.25, -0.2) is 0 Å². The number of carbonyl (C=O) groups excluding carboxylic acids is 3. The predicted octanol–water partition coefficient (Wildman–Crippen LogP) is 3.06. The minimum Gasteiger partial charge on any atom is -0.298 e. The molecule has 1 aliphatic carbocycles. The smallest absolute Gasteiger partial charge is 0.173 e. The van der Waals surface area contributed by atoms with Gasteiger partial charge in [-0.1, -0.05) is 50.3 Å². The minimum atomic E-state index is -1.25. The first-order valence-electron chi connectivity index (χ1n) is 6.80. The van der Waals surface area contributed by atoms with E-state index in [1.165, 1.54) is 6.08 Å². The molecule has 4 heteroatoms. The van der Waals surface area contributed by atoms with Gasteiger partial charge in [0.2, 0.25) is 0 Å². The second kappa shape index (κ2) is 5.94. The number of hydrogen-bond donors (Lipinski definition) is 0. The molecular formula is C17H17ClO3. The van der Waals surface area contributed by atoms with E-state index >= 15 is 0 Å². The van der Waals surface area contributed by atoms with Crippen molar-refractivity contribution in [2.45, 2.75) is 25.6 Å². The molecule has 0 bridgehead atoms. The van der Waals surface area contributed by atoms with E-state index in [-0.39, 0.29) is 12.2 Å². The van der Waals surface area contributed by atoms with Gasteiger partial charge in [0.05, 0.1) is 5.38 Å². The first kappa shape index (κ1) is 15.6. The Hall–Kier alpha value is -1.74. The van der Waals surface area contributed by atoms with Gasteiger partial charge in [-0.05, 0) is 17.1 Å². The Bertz CT molecular complexity index is 602. The maximum absolute atomic E-state index is 12.2. The van der Waals surface area contributed by atoms with Gasteiger partial charge in [-0.2, -0.15) is 0 Å². The minimum absolute atomic E-state index is 0.141. The summed E-state index contributed by atoms with van der Waals surface area (Å²) in [4.78, 5) is 36.4. The summed E-state index contributed by atoms with van der Waals surface area (Å²) in [6, 6.07) is 9.23. The Morgan fingerprint density at radius 2 is 1.86 bits per heavy atom. The average molecular weight is 305 g/mol. The van der Waals surface area contributed by atoms with Crippen LogP contribution in [-0.2, 0) is 14.4 Å². The molecule has 3 nitrogen and oxygen atoms in total. The van der Waals surface area contributed by atoms with Gasteiger partial charge >= 0.3 is 0 Å². The lowest BCUT2D eigenvalue weighted by atomic mass is 9.70. The summed E-state index contributed by atoms with van der Waals surface area (Å²) in [6.45, 7) is 3.53. The fraction of sp³-hybridized carbons (Fsp3) is 0.353. The lowest BCUT2D eigenvalue weighted by Gasteiger charge is -2.35. The first-order chi connectivity index (χ1) is 9.83. The molecule has 1 aromatic rings. The Morgan fingerprint density at radius 1 is 1.24 bits per heavy atom. The zero-order valence-corrected chi connectivity index (χ0v) is 12.8. The summed E-state index contributed by atoms with van der Waals surface area (Å²) in [5, 5.41) is -0.811. The largest absolute Gasteiger partial charge is 0.298 e. The molecule has 1 aromatic carbocycles. The lowest BCUT2D eigenvalue weighted by molar-refractivity contribution is -0.143. The highest BCUT2D eigenvalue weighted by atomic mass is 35.5. The highest BCUT2D eigenvalue weighted by Gasteiger charge is 2.48. The van der Waals surface area contributed by atoms with Crippen LogP contribution in [0, 0.1) is 11.3 Å². The van der Waals surface area contributed by atoms with Crippen molar-refractivity contribution in [2.75, 3.05) is 0 Å². The molecule has 0 heterocycles. The van der Waals surface area contributed by atoms with E-state index in [2.05, 4.69) is 0 Å². The molecule has 0 aromatic heterocycles. The molecule has 0 radical (unpaired) electrons. The predicted molar refractivity (Wildman–Crippen MR) is 82.0 cm³/mol. The van der Waals surface area contributed by atoms with Crippen molar-refractivity contribution in [1.82, 2.24) is 0 Å². The van der Waals surface area contributed by atoms with E-state index in [1.807, 2.05) is 30.3 Å². The van der Waals surface area contributed by atoms with Crippen LogP contribution in [0.25, 0.3) is 6.08 Å². The maximum atomic E-state index is 12.2. The molecular weight excluding hydrogens is 288 g/mol. The molecule has 110 valence electrons. The number of benzene rings is 1. The van der Waals surface area contributed by atoms with Gasteiger partial charge in [-0.3, -0.25) is 14.4 Å². The van der Waals surface area contributed by atoms with Gasteiger partial charge in [0.25, 0.3) is 0 Å². The SMILES string of the molecule is CC1(C)CC(=O)[C@@H](C(=O)/C=C/c2ccccc2)C(=O)[C@H]1Cl. The molecule has 0 amide bonds. The zero-order valence-electron chi connectivity index (χ0n) is 12.0. The van der Waals surface area contributed by atoms with Crippen LogP contribution >= 0.6 is 11.6 Å². The monoisotopic (exact) mass is 304 g/mol. The van der Waals surface area contributed by atoms with Gasteiger partial charge in [-0.15, -0.1) is 11.6 Å². The number of allylic oxidation sites excluding steroid dienone is 1. The van der Waals surface area contributed by atoms with Gasteiger partial charge in [0, 0.05) is 6.42 Å². The third-order valence-corrected chi connectivity index (χ3v) is 4.50. The molecule has 0 spiro atoms. The van der Waals surface area contributed by atoms with E-state index in [4.69, 9.17) is 11.6 Å². The van der Waals surface area contributed by atoms with Crippen LogP contribution in [0.2, 0.25) is 0 Å². The summed E-state index contributed by atoms with van der Waals surface area (Å²) in [5.74, 6) is -2.57. The second-order valence-corrected chi connectivity index (χ2v) is 6.41. The standard InChI is InChI=1S/C17H17ClO3/c1-17(2)10-13(20)14(15(21)16(17)18)12(19)9-8-11-6-4-3-5-7-11/h3-9,14,16H,10H2,1-2H3/b9-8+/t14-,16-/m1/s1. The molecule has 2 atom stereocenters. The van der Waals surface area contributed by atoms with E-state index in [9.17, 15) is 14.4 Å². The first-order valence-corrected chi connectivity index (χ1v) is 7.24. The summed E-state index contributed by atoms with van der Waals surface area (Å²) in [7, 11) is 0. The number of alkyl halides is 1. The van der Waals surface area contributed by atoms with Crippen LogP contribution < -0.4 is 0 Å². The molecule has 21 heavy (non-hydrogen) atoms. The highest BCUT2D eigenvalue weighted by Crippen LogP contribution is 2.38. The Balaban J connectivity index is 2.18. The molecule has 1 saturated carbocycles. The fourth-order valence-corrected chi connectivity index (χ4v) is 2.67. The van der Waals surface area contributed by atoms with E-state index in [0.29, 0.717) is 0 Å². The van der Waals surface area contributed by atoms with Crippen LogP contribution in [0.4, 0.5) is 0 Å². The van der Waals surface area contributed by atoms with Crippen molar-refractivity contribution < 1.29 is 14.4 Å². The topological polar surface area (TPSA) is 51.2 Å². The van der Waals surface area contributed by atoms with E-state index < -0.39 is 28.3 Å². The fourth-order valence-electron chi connectivity index (χ4n) is 2.47. The third kappa shape index (κ3) is 3.30. The molecule has 0 N–H and O–H groups in total. The number of rotatable bonds is 3. The van der Waals surface area contributed by atoms with Crippen LogP contribution in [0.1, 0.15) is 25.8 Å². The molecule has 0 unspecified atom stereocenters. The molecule has 2 rings (SSSR count). The highest BCUT2D eigenvalue weighted by molar-refractivity contribution is 6.39. The summed E-state index contributed by atoms with van der Waals surface area (Å²) in [6.07, 6.45) is 3.03. The number of halogens is 1. The van der Waals surface area contributed by atoms with Crippen LogP contribution in [0.5, 0.6) is 0 Å². The van der Waals surface area contributed by atoms with Crippen molar-refractivity contribution in [1.29, 1.82) is 0 Å². The van der Waals surface area contributed by atoms with Crippen molar-refractivity contribution in [3.8, 4) is 0 Å². The van der Waals surface area contributed by atoms with E-state index in [0.717, 1.165) is 5.56 Å². The molecule has 1 fully saturated rings. The summed E-state index contributed by atoms with van der Waals surface area (Å²) in [5.41, 5.74) is 0.236. The van der Waals surface area contributed by atoms with Crippen molar-refractivity contribution in [3.05, 3.63) is 42.0 Å². The van der Waals surface area contributed by atoms with Gasteiger partial charge in [0.1, 0.15) is 5.92 Å². The van der Waals surface area contributed by atoms with Crippen molar-refractivity contribution in [3.63, 3.8) is 0 Å². The molecule has 0 saturated heterocycles. The van der Waals surface area contributed by atoms with Crippen molar-refractivity contribution in [2.24, 2.45) is 11.3 Å². The molecule has 0 aliphatic heterocycles. The summed E-state index contributed by atoms with van der Waals surface area (Å²) < 4.78 is 0. The number of Topliss-reactive ketones (excluding diaryl/α,β-unsaturated/α-hetero) is 2. The van der Waals surface area contributed by atoms with Crippen molar-refractivity contribution >= 4 is 35.0 Å². The Kier molecular flexibility index (Phi) is 4.43. The zero-order chi connectivity index (χ0) is 15.6. The number of carbonyl (C=O) groups is 3. The second-order valence-electron chi connectivity index (χ2n) is 5.98. The average Bonchev–Trinajstić information content (AvgIpc) is 2.43. The van der Waals surface area contributed by atoms with Gasteiger partial charge in [0.15, 0.2) is 17.3 Å². The number of hydrogen-bond acceptors (Lipinski definition) is 3. The normalized spacial score (nSPS) is 25.3. The number of ketones is 3. The maximum Gasteiger partial charge on any atom is 0.173 e. The Labute approximate surface area is 129 Å². The quantitative estimate of drug-likeness (QED) is 0.490. The van der Waals surface area contributed by atoms with Gasteiger partial charge < -0.3 is 0 Å². The lowest BCUT2D eigenvalue weighted by Crippen LogP contribution is -2.49. The van der Waals surface area contributed by atoms with E-state index in [1.54, 1.807) is 19.9 Å².